The van der Waals surface area contributed by atoms with Gasteiger partial charge in [-0.1, -0.05) is 6.07 Å². The molecule has 1 amide bonds. The third-order valence-corrected chi connectivity index (χ3v) is 3.41. The van der Waals surface area contributed by atoms with Crippen molar-refractivity contribution in [1.82, 2.24) is 9.88 Å². The molecule has 1 unspecified atom stereocenters. The van der Waals surface area contributed by atoms with Crippen molar-refractivity contribution >= 4 is 5.91 Å². The standard InChI is InChI=1S/C11H12N2O/c1-13-9(8-4-2-3-7-12-8)11(5-6-11)10(13)14/h2-4,7,9H,5-6H2,1H3. The summed E-state index contributed by atoms with van der Waals surface area (Å²) in [6, 6.07) is 6.13. The highest BCUT2D eigenvalue weighted by atomic mass is 16.2. The maximum Gasteiger partial charge on any atom is 0.231 e. The third-order valence-electron chi connectivity index (χ3n) is 3.41. The minimum atomic E-state index is -0.0525. The molecule has 1 aliphatic heterocycles. The molecule has 1 saturated carbocycles. The van der Waals surface area contributed by atoms with Crippen LogP contribution in [0.2, 0.25) is 0 Å². The van der Waals surface area contributed by atoms with Crippen molar-refractivity contribution in [1.29, 1.82) is 0 Å². The van der Waals surface area contributed by atoms with Gasteiger partial charge in [-0.3, -0.25) is 9.78 Å². The number of pyridine rings is 1. The maximum atomic E-state index is 11.6. The molecule has 1 spiro atoms. The summed E-state index contributed by atoms with van der Waals surface area (Å²) in [6.07, 6.45) is 3.87. The summed E-state index contributed by atoms with van der Waals surface area (Å²) in [4.78, 5) is 17.8. The summed E-state index contributed by atoms with van der Waals surface area (Å²) in [5.41, 5.74) is 0.982. The number of hydrogen-bond acceptors (Lipinski definition) is 2. The Morgan fingerprint density at radius 1 is 1.50 bits per heavy atom. The number of hydrogen-bond donors (Lipinski definition) is 0. The molecule has 3 heteroatoms. The van der Waals surface area contributed by atoms with Crippen LogP contribution in [0.4, 0.5) is 0 Å². The van der Waals surface area contributed by atoms with Gasteiger partial charge in [-0.15, -0.1) is 0 Å². The molecule has 0 radical (unpaired) electrons. The first-order valence-corrected chi connectivity index (χ1v) is 4.94. The van der Waals surface area contributed by atoms with Crippen molar-refractivity contribution in [3.63, 3.8) is 0 Å². The van der Waals surface area contributed by atoms with Crippen LogP contribution >= 0.6 is 0 Å². The zero-order valence-corrected chi connectivity index (χ0v) is 8.10. The molecule has 2 heterocycles. The van der Waals surface area contributed by atoms with E-state index in [9.17, 15) is 4.79 Å². The molecule has 14 heavy (non-hydrogen) atoms. The fourth-order valence-corrected chi connectivity index (χ4v) is 2.53. The fourth-order valence-electron chi connectivity index (χ4n) is 2.53. The highest BCUT2D eigenvalue weighted by Gasteiger charge is 2.67. The van der Waals surface area contributed by atoms with Crippen molar-refractivity contribution in [2.75, 3.05) is 7.05 Å². The van der Waals surface area contributed by atoms with Gasteiger partial charge in [0, 0.05) is 13.2 Å². The molecule has 3 rings (SSSR count). The van der Waals surface area contributed by atoms with Crippen LogP contribution in [0, 0.1) is 5.41 Å². The van der Waals surface area contributed by atoms with Gasteiger partial charge in [0.2, 0.25) is 5.91 Å². The van der Waals surface area contributed by atoms with E-state index in [1.807, 2.05) is 30.1 Å². The van der Waals surface area contributed by atoms with Crippen LogP contribution in [0.25, 0.3) is 0 Å². The molecule has 1 aromatic heterocycles. The molecular formula is C11H12N2O. The van der Waals surface area contributed by atoms with Crippen molar-refractivity contribution in [2.45, 2.75) is 18.9 Å². The fraction of sp³-hybridized carbons (Fsp3) is 0.455. The van der Waals surface area contributed by atoms with E-state index in [1.54, 1.807) is 6.20 Å². The summed E-state index contributed by atoms with van der Waals surface area (Å²) in [5, 5.41) is 0. The highest BCUT2D eigenvalue weighted by Crippen LogP contribution is 2.64. The lowest BCUT2D eigenvalue weighted by molar-refractivity contribution is -0.157. The van der Waals surface area contributed by atoms with Crippen LogP contribution in [0.5, 0.6) is 0 Å². The lowest BCUT2D eigenvalue weighted by Gasteiger charge is -2.45. The molecule has 2 aliphatic rings. The van der Waals surface area contributed by atoms with E-state index in [1.165, 1.54) is 0 Å². The van der Waals surface area contributed by atoms with Crippen LogP contribution in [0.3, 0.4) is 0 Å². The largest absolute Gasteiger partial charge is 0.335 e. The van der Waals surface area contributed by atoms with E-state index < -0.39 is 0 Å². The van der Waals surface area contributed by atoms with E-state index >= 15 is 0 Å². The molecule has 0 N–H and O–H groups in total. The average Bonchev–Trinajstić information content (AvgIpc) is 3.02. The number of carbonyl (C=O) groups excluding carboxylic acids is 1. The molecule has 1 atom stereocenters. The Hall–Kier alpha value is -1.38. The van der Waals surface area contributed by atoms with Crippen LogP contribution in [0.1, 0.15) is 24.6 Å². The second-order valence-corrected chi connectivity index (χ2v) is 4.23. The van der Waals surface area contributed by atoms with E-state index in [4.69, 9.17) is 0 Å². The van der Waals surface area contributed by atoms with E-state index in [0.29, 0.717) is 5.91 Å². The van der Waals surface area contributed by atoms with E-state index in [0.717, 1.165) is 18.5 Å². The zero-order valence-electron chi connectivity index (χ0n) is 8.10. The first-order valence-electron chi connectivity index (χ1n) is 4.94. The topological polar surface area (TPSA) is 33.2 Å². The Kier molecular flexibility index (Phi) is 1.34. The number of likely N-dealkylation sites (tertiary alicyclic amines) is 1. The third kappa shape index (κ3) is 0.775. The van der Waals surface area contributed by atoms with Gasteiger partial charge < -0.3 is 4.90 Å². The number of rotatable bonds is 1. The van der Waals surface area contributed by atoms with E-state index in [2.05, 4.69) is 4.98 Å². The number of nitrogens with zero attached hydrogens (tertiary/aromatic N) is 2. The maximum absolute atomic E-state index is 11.6. The molecule has 1 aliphatic carbocycles. The predicted molar refractivity (Wildman–Crippen MR) is 51.4 cm³/mol. The van der Waals surface area contributed by atoms with Crippen molar-refractivity contribution in [2.24, 2.45) is 5.41 Å². The van der Waals surface area contributed by atoms with Crippen molar-refractivity contribution < 1.29 is 4.79 Å². The zero-order chi connectivity index (χ0) is 9.76. The van der Waals surface area contributed by atoms with Gasteiger partial charge in [0.1, 0.15) is 0 Å². The van der Waals surface area contributed by atoms with Gasteiger partial charge in [-0.2, -0.15) is 0 Å². The number of aromatic nitrogens is 1. The highest BCUT2D eigenvalue weighted by molar-refractivity contribution is 5.92. The molecule has 3 nitrogen and oxygen atoms in total. The first kappa shape index (κ1) is 7.97. The second-order valence-electron chi connectivity index (χ2n) is 4.23. The van der Waals surface area contributed by atoms with Crippen LogP contribution in [0.15, 0.2) is 24.4 Å². The lowest BCUT2D eigenvalue weighted by atomic mass is 9.82. The minimum absolute atomic E-state index is 0.0525. The Labute approximate surface area is 82.8 Å². The van der Waals surface area contributed by atoms with E-state index in [-0.39, 0.29) is 11.5 Å². The van der Waals surface area contributed by atoms with Crippen molar-refractivity contribution in [3.8, 4) is 0 Å². The molecule has 0 aromatic carbocycles. The Morgan fingerprint density at radius 2 is 2.29 bits per heavy atom. The van der Waals surface area contributed by atoms with Crippen molar-refractivity contribution in [3.05, 3.63) is 30.1 Å². The van der Waals surface area contributed by atoms with Crippen LogP contribution in [-0.2, 0) is 4.79 Å². The van der Waals surface area contributed by atoms with Crippen LogP contribution in [-0.4, -0.2) is 22.8 Å². The first-order chi connectivity index (χ1) is 6.76. The summed E-state index contributed by atoms with van der Waals surface area (Å²) in [6.45, 7) is 0. The molecule has 1 saturated heterocycles. The Morgan fingerprint density at radius 3 is 2.86 bits per heavy atom. The molecule has 0 bridgehead atoms. The van der Waals surface area contributed by atoms with Gasteiger partial charge in [-0.25, -0.2) is 0 Å². The Balaban J connectivity index is 1.97. The number of amides is 1. The predicted octanol–water partition coefficient (Wildman–Crippen LogP) is 1.37. The summed E-state index contributed by atoms with van der Waals surface area (Å²) >= 11 is 0. The number of β-lactam (4-membered cyclic amide) rings is 1. The van der Waals surface area contributed by atoms with Gasteiger partial charge >= 0.3 is 0 Å². The summed E-state index contributed by atoms with van der Waals surface area (Å²) in [7, 11) is 1.87. The Bertz CT molecular complexity index is 384. The SMILES string of the molecule is CN1C(=O)C2(CC2)C1c1ccccn1. The lowest BCUT2D eigenvalue weighted by Crippen LogP contribution is -2.54. The summed E-state index contributed by atoms with van der Waals surface area (Å²) < 4.78 is 0. The smallest absolute Gasteiger partial charge is 0.231 e. The summed E-state index contributed by atoms with van der Waals surface area (Å²) in [5.74, 6) is 0.299. The molecule has 1 aromatic rings. The quantitative estimate of drug-likeness (QED) is 0.624. The molecule has 72 valence electrons. The number of carbonyl (C=O) groups is 1. The van der Waals surface area contributed by atoms with Gasteiger partial charge in [0.05, 0.1) is 17.2 Å². The van der Waals surface area contributed by atoms with Gasteiger partial charge in [0.15, 0.2) is 0 Å². The van der Waals surface area contributed by atoms with Gasteiger partial charge in [-0.05, 0) is 25.0 Å². The normalized spacial score (nSPS) is 27.6. The second kappa shape index (κ2) is 2.35. The van der Waals surface area contributed by atoms with Crippen LogP contribution < -0.4 is 0 Å². The van der Waals surface area contributed by atoms with Gasteiger partial charge in [0.25, 0.3) is 0 Å². The molecular weight excluding hydrogens is 176 g/mol. The monoisotopic (exact) mass is 188 g/mol. The average molecular weight is 188 g/mol. The molecule has 2 fully saturated rings. The minimum Gasteiger partial charge on any atom is -0.335 e.